The fraction of sp³-hybridized carbons (Fsp3) is 0.909. The highest BCUT2D eigenvalue weighted by Gasteiger charge is 2.44. The number of aliphatic hydroxyl groups excluding tert-OH is 4. The average molecular weight is 603 g/mol. The maximum atomic E-state index is 12.6. The molecule has 1 saturated heterocycles. The zero-order chi connectivity index (χ0) is 30.8. The fourth-order valence-electron chi connectivity index (χ4n) is 4.95. The fourth-order valence-corrected chi connectivity index (χ4v) is 4.95. The molecule has 1 aliphatic heterocycles. The Bertz CT molecular complexity index is 657. The summed E-state index contributed by atoms with van der Waals surface area (Å²) in [6.45, 7) is 4.46. The van der Waals surface area contributed by atoms with Crippen molar-refractivity contribution in [1.29, 1.82) is 0 Å². The smallest absolute Gasteiger partial charge is 0.306 e. The molecule has 0 aromatic heterocycles. The molecule has 4 N–H and O–H groups in total. The predicted molar refractivity (Wildman–Crippen MR) is 164 cm³/mol. The highest BCUT2D eigenvalue weighted by Crippen LogP contribution is 2.22. The first kappa shape index (κ1) is 39.0. The lowest BCUT2D eigenvalue weighted by atomic mass is 9.99. The highest BCUT2D eigenvalue weighted by molar-refractivity contribution is 5.69. The van der Waals surface area contributed by atoms with E-state index in [0.717, 1.165) is 44.9 Å². The van der Waals surface area contributed by atoms with Gasteiger partial charge in [0.05, 0.1) is 19.8 Å². The Balaban J connectivity index is 2.38. The Morgan fingerprint density at radius 1 is 0.738 bits per heavy atom. The first-order valence-corrected chi connectivity index (χ1v) is 16.8. The summed E-state index contributed by atoms with van der Waals surface area (Å²) in [5, 5.41) is 39.7. The number of esters is 1. The van der Waals surface area contributed by atoms with Crippen LogP contribution < -0.4 is 0 Å². The zero-order valence-electron chi connectivity index (χ0n) is 26.5. The van der Waals surface area contributed by atoms with E-state index in [9.17, 15) is 25.2 Å². The Morgan fingerprint density at radius 2 is 1.31 bits per heavy atom. The molecule has 9 heteroatoms. The molecule has 42 heavy (non-hydrogen) atoms. The molecule has 1 heterocycles. The van der Waals surface area contributed by atoms with Crippen LogP contribution in [0.3, 0.4) is 0 Å². The largest absolute Gasteiger partial charge is 0.457 e. The monoisotopic (exact) mass is 602 g/mol. The maximum absolute atomic E-state index is 12.6. The minimum Gasteiger partial charge on any atom is -0.457 e. The molecule has 1 rings (SSSR count). The number of unbranched alkanes of at least 4 members (excludes halogenated alkanes) is 14. The number of ether oxygens (including phenoxy) is 4. The molecule has 9 nitrogen and oxygen atoms in total. The van der Waals surface area contributed by atoms with Gasteiger partial charge in [-0.05, 0) is 38.5 Å². The summed E-state index contributed by atoms with van der Waals surface area (Å²) in [5.74, 6) is -0.327. The van der Waals surface area contributed by atoms with Crippen molar-refractivity contribution in [2.24, 2.45) is 0 Å². The Hall–Kier alpha value is -1.07. The van der Waals surface area contributed by atoms with E-state index in [1.165, 1.54) is 64.2 Å². The van der Waals surface area contributed by atoms with E-state index in [1.54, 1.807) is 0 Å². The summed E-state index contributed by atoms with van der Waals surface area (Å²) in [6, 6.07) is 0. The van der Waals surface area contributed by atoms with Crippen LogP contribution in [0.2, 0.25) is 0 Å². The number of hydrogen-bond acceptors (Lipinski definition) is 9. The van der Waals surface area contributed by atoms with Gasteiger partial charge < -0.3 is 39.4 Å². The van der Waals surface area contributed by atoms with E-state index >= 15 is 0 Å². The third kappa shape index (κ3) is 18.6. The Morgan fingerprint density at radius 3 is 1.98 bits per heavy atom. The molecule has 1 fully saturated rings. The van der Waals surface area contributed by atoms with E-state index in [0.29, 0.717) is 13.0 Å². The molecule has 0 bridgehead atoms. The van der Waals surface area contributed by atoms with Crippen LogP contribution in [-0.4, -0.2) is 89.6 Å². The second-order valence-corrected chi connectivity index (χ2v) is 11.6. The lowest BCUT2D eigenvalue weighted by Crippen LogP contribution is -2.59. The normalized spacial score (nSPS) is 23.4. The molecule has 0 amide bonds. The molecule has 0 spiro atoms. The lowest BCUT2D eigenvalue weighted by molar-refractivity contribution is -0.305. The molecule has 0 aromatic carbocycles. The van der Waals surface area contributed by atoms with Gasteiger partial charge in [-0.3, -0.25) is 4.79 Å². The second kappa shape index (κ2) is 26.3. The van der Waals surface area contributed by atoms with Crippen molar-refractivity contribution in [3.05, 3.63) is 12.2 Å². The van der Waals surface area contributed by atoms with E-state index < -0.39 is 43.4 Å². The SMILES string of the molecule is CCCCC/C=C\CCCCCCCC(=O)OC(COCCCCCCCCC)COC1OC(CO)C(O)C(O)C1O. The first-order chi connectivity index (χ1) is 20.4. The van der Waals surface area contributed by atoms with Gasteiger partial charge in [-0.15, -0.1) is 0 Å². The second-order valence-electron chi connectivity index (χ2n) is 11.6. The summed E-state index contributed by atoms with van der Waals surface area (Å²) < 4.78 is 22.5. The molecule has 248 valence electrons. The minimum absolute atomic E-state index is 0.114. The standard InChI is InChI=1S/C33H62O9/c1-3-5-7-9-11-12-13-14-15-16-18-20-22-29(35)41-27(25-39-23-21-19-17-10-8-6-4-2)26-40-33-32(38)31(37)30(36)28(24-34)42-33/h11-12,27-28,30-34,36-38H,3-10,13-26H2,1-2H3/b12-11-. The van der Waals surface area contributed by atoms with Crippen LogP contribution in [0.15, 0.2) is 12.2 Å². The number of rotatable bonds is 27. The van der Waals surface area contributed by atoms with Crippen molar-refractivity contribution in [2.45, 2.75) is 166 Å². The lowest BCUT2D eigenvalue weighted by Gasteiger charge is -2.39. The molecule has 0 aromatic rings. The number of carbonyl (C=O) groups is 1. The van der Waals surface area contributed by atoms with Gasteiger partial charge in [0.15, 0.2) is 6.29 Å². The molecule has 1 aliphatic rings. The summed E-state index contributed by atoms with van der Waals surface area (Å²) in [4.78, 5) is 12.6. The van der Waals surface area contributed by atoms with Crippen molar-refractivity contribution in [2.75, 3.05) is 26.4 Å². The van der Waals surface area contributed by atoms with Gasteiger partial charge >= 0.3 is 5.97 Å². The van der Waals surface area contributed by atoms with Crippen LogP contribution in [0.25, 0.3) is 0 Å². The summed E-state index contributed by atoms with van der Waals surface area (Å²) in [7, 11) is 0. The minimum atomic E-state index is -1.53. The summed E-state index contributed by atoms with van der Waals surface area (Å²) in [5.41, 5.74) is 0. The number of aliphatic hydroxyl groups is 4. The zero-order valence-corrected chi connectivity index (χ0v) is 26.5. The van der Waals surface area contributed by atoms with Crippen LogP contribution in [-0.2, 0) is 23.7 Å². The van der Waals surface area contributed by atoms with Gasteiger partial charge in [0.25, 0.3) is 0 Å². The van der Waals surface area contributed by atoms with Gasteiger partial charge in [0, 0.05) is 13.0 Å². The van der Waals surface area contributed by atoms with Gasteiger partial charge in [0.2, 0.25) is 0 Å². The third-order valence-electron chi connectivity index (χ3n) is 7.68. The van der Waals surface area contributed by atoms with Crippen molar-refractivity contribution in [3.63, 3.8) is 0 Å². The Kier molecular flexibility index (Phi) is 24.4. The van der Waals surface area contributed by atoms with Gasteiger partial charge in [-0.25, -0.2) is 0 Å². The number of carbonyl (C=O) groups excluding carboxylic acids is 1. The van der Waals surface area contributed by atoms with Crippen molar-refractivity contribution in [3.8, 4) is 0 Å². The van der Waals surface area contributed by atoms with E-state index in [4.69, 9.17) is 18.9 Å². The van der Waals surface area contributed by atoms with Gasteiger partial charge in [-0.2, -0.15) is 0 Å². The van der Waals surface area contributed by atoms with Crippen LogP contribution in [0, 0.1) is 0 Å². The quantitative estimate of drug-likeness (QED) is 0.0557. The summed E-state index contributed by atoms with van der Waals surface area (Å²) >= 11 is 0. The van der Waals surface area contributed by atoms with E-state index in [-0.39, 0.29) is 19.2 Å². The van der Waals surface area contributed by atoms with Crippen molar-refractivity contribution >= 4 is 5.97 Å². The average Bonchev–Trinajstić information content (AvgIpc) is 2.99. The van der Waals surface area contributed by atoms with Crippen LogP contribution in [0.5, 0.6) is 0 Å². The van der Waals surface area contributed by atoms with Gasteiger partial charge in [-0.1, -0.05) is 96.6 Å². The molecular weight excluding hydrogens is 540 g/mol. The van der Waals surface area contributed by atoms with Crippen LogP contribution in [0.4, 0.5) is 0 Å². The molecule has 0 aliphatic carbocycles. The Labute approximate surface area is 255 Å². The van der Waals surface area contributed by atoms with Gasteiger partial charge in [0.1, 0.15) is 30.5 Å². The number of hydrogen-bond donors (Lipinski definition) is 4. The third-order valence-corrected chi connectivity index (χ3v) is 7.68. The van der Waals surface area contributed by atoms with Crippen LogP contribution >= 0.6 is 0 Å². The van der Waals surface area contributed by atoms with Crippen LogP contribution in [0.1, 0.15) is 129 Å². The van der Waals surface area contributed by atoms with E-state index in [1.807, 2.05) is 0 Å². The van der Waals surface area contributed by atoms with Crippen molar-refractivity contribution in [1.82, 2.24) is 0 Å². The predicted octanol–water partition coefficient (Wildman–Crippen LogP) is 5.35. The molecule has 0 saturated carbocycles. The first-order valence-electron chi connectivity index (χ1n) is 16.8. The molecular formula is C33H62O9. The molecule has 6 atom stereocenters. The topological polar surface area (TPSA) is 135 Å². The number of allylic oxidation sites excluding steroid dienone is 2. The van der Waals surface area contributed by atoms with Crippen molar-refractivity contribution < 1.29 is 44.2 Å². The van der Waals surface area contributed by atoms with E-state index in [2.05, 4.69) is 26.0 Å². The highest BCUT2D eigenvalue weighted by atomic mass is 16.7. The maximum Gasteiger partial charge on any atom is 0.306 e. The molecule has 6 unspecified atom stereocenters. The summed E-state index contributed by atoms with van der Waals surface area (Å²) in [6.07, 6.45) is 16.8. The molecule has 0 radical (unpaired) electrons.